The van der Waals surface area contributed by atoms with E-state index in [-0.39, 0.29) is 10.5 Å². The predicted octanol–water partition coefficient (Wildman–Crippen LogP) is 2.43. The zero-order chi connectivity index (χ0) is 15.5. The van der Waals surface area contributed by atoms with E-state index in [2.05, 4.69) is 5.32 Å². The van der Waals surface area contributed by atoms with Gasteiger partial charge < -0.3 is 5.32 Å². The summed E-state index contributed by atoms with van der Waals surface area (Å²) < 4.78 is 31.5. The summed E-state index contributed by atoms with van der Waals surface area (Å²) in [7, 11) is -4.30. The van der Waals surface area contributed by atoms with E-state index in [1.165, 1.54) is 18.3 Å². The molecule has 0 aliphatic rings. The first-order valence-electron chi connectivity index (χ1n) is 5.73. The molecular formula is C14H9N3O3S. The van der Waals surface area contributed by atoms with Crippen LogP contribution in [-0.4, -0.2) is 13.0 Å². The van der Waals surface area contributed by atoms with Crippen LogP contribution in [0, 0.1) is 22.7 Å². The molecule has 0 aromatic heterocycles. The fraction of sp³-hybridized carbons (Fsp3) is 0. The molecule has 2 aromatic rings. The van der Waals surface area contributed by atoms with Gasteiger partial charge in [0.15, 0.2) is 0 Å². The SMILES string of the molecule is N#CC(C#N)=CNc1cccc2ccc(S(=O)(=O)O)cc12. The largest absolute Gasteiger partial charge is 0.359 e. The third-order valence-corrected chi connectivity index (χ3v) is 3.61. The van der Waals surface area contributed by atoms with Crippen LogP contribution in [0.3, 0.4) is 0 Å². The third-order valence-electron chi connectivity index (χ3n) is 2.76. The molecule has 0 saturated heterocycles. The van der Waals surface area contributed by atoms with Crippen molar-refractivity contribution in [3.63, 3.8) is 0 Å². The van der Waals surface area contributed by atoms with Crippen molar-refractivity contribution >= 4 is 26.6 Å². The van der Waals surface area contributed by atoms with Gasteiger partial charge in [-0.2, -0.15) is 18.9 Å². The van der Waals surface area contributed by atoms with Gasteiger partial charge in [-0.15, -0.1) is 0 Å². The molecule has 0 aliphatic carbocycles. The Morgan fingerprint density at radius 2 is 1.90 bits per heavy atom. The third kappa shape index (κ3) is 3.18. The van der Waals surface area contributed by atoms with Crippen LogP contribution >= 0.6 is 0 Å². The Balaban J connectivity index is 2.57. The molecule has 2 aromatic carbocycles. The molecular weight excluding hydrogens is 290 g/mol. The van der Waals surface area contributed by atoms with Crippen LogP contribution in [0.2, 0.25) is 0 Å². The summed E-state index contributed by atoms with van der Waals surface area (Å²) in [6.45, 7) is 0. The minimum atomic E-state index is -4.30. The molecule has 0 aliphatic heterocycles. The Bertz CT molecular complexity index is 903. The standard InChI is InChI=1S/C14H9N3O3S/c15-7-10(8-16)9-17-14-3-1-2-11-4-5-12(6-13(11)14)21(18,19)20/h1-6,9,17H,(H,18,19,20). The van der Waals surface area contributed by atoms with E-state index in [9.17, 15) is 8.42 Å². The molecule has 0 atom stereocenters. The first-order chi connectivity index (χ1) is 9.95. The number of benzene rings is 2. The molecule has 0 saturated carbocycles. The number of rotatable bonds is 3. The summed E-state index contributed by atoms with van der Waals surface area (Å²) in [4.78, 5) is -0.228. The fourth-order valence-corrected chi connectivity index (χ4v) is 2.28. The van der Waals surface area contributed by atoms with E-state index in [1.54, 1.807) is 36.4 Å². The maximum atomic E-state index is 11.2. The number of nitrogens with zero attached hydrogens (tertiary/aromatic N) is 2. The molecule has 2 N–H and O–H groups in total. The summed E-state index contributed by atoms with van der Waals surface area (Å²) in [5.74, 6) is 0. The Morgan fingerprint density at radius 3 is 2.52 bits per heavy atom. The summed E-state index contributed by atoms with van der Waals surface area (Å²) in [5, 5.41) is 21.4. The highest BCUT2D eigenvalue weighted by atomic mass is 32.2. The van der Waals surface area contributed by atoms with E-state index in [0.717, 1.165) is 5.39 Å². The van der Waals surface area contributed by atoms with Gasteiger partial charge in [0.05, 0.1) is 4.90 Å². The van der Waals surface area contributed by atoms with Gasteiger partial charge in [-0.1, -0.05) is 18.2 Å². The maximum absolute atomic E-state index is 11.2. The molecule has 0 radical (unpaired) electrons. The normalized spacial score (nSPS) is 10.4. The summed E-state index contributed by atoms with van der Waals surface area (Å²) in [5.41, 5.74) is 0.402. The predicted molar refractivity (Wildman–Crippen MR) is 76.7 cm³/mol. The van der Waals surface area contributed by atoms with Crippen molar-refractivity contribution < 1.29 is 13.0 Å². The van der Waals surface area contributed by atoms with Crippen molar-refractivity contribution in [3.05, 3.63) is 48.2 Å². The van der Waals surface area contributed by atoms with Gasteiger partial charge >= 0.3 is 0 Å². The lowest BCUT2D eigenvalue weighted by Gasteiger charge is -2.07. The fourth-order valence-electron chi connectivity index (χ4n) is 1.78. The minimum absolute atomic E-state index is 0.113. The Morgan fingerprint density at radius 1 is 1.19 bits per heavy atom. The monoisotopic (exact) mass is 299 g/mol. The van der Waals surface area contributed by atoms with Crippen LogP contribution in [-0.2, 0) is 10.1 Å². The van der Waals surface area contributed by atoms with E-state index in [0.29, 0.717) is 11.1 Å². The molecule has 7 heteroatoms. The number of nitrogens with one attached hydrogen (secondary N) is 1. The zero-order valence-corrected chi connectivity index (χ0v) is 11.4. The maximum Gasteiger partial charge on any atom is 0.294 e. The Labute approximate surface area is 121 Å². The smallest absolute Gasteiger partial charge is 0.294 e. The molecule has 6 nitrogen and oxygen atoms in total. The average molecular weight is 299 g/mol. The highest BCUT2D eigenvalue weighted by molar-refractivity contribution is 7.85. The second-order valence-corrected chi connectivity index (χ2v) is 5.51. The zero-order valence-electron chi connectivity index (χ0n) is 10.6. The number of anilines is 1. The van der Waals surface area contributed by atoms with Crippen LogP contribution in [0.1, 0.15) is 0 Å². The average Bonchev–Trinajstić information content (AvgIpc) is 2.47. The molecule has 0 amide bonds. The highest BCUT2D eigenvalue weighted by Crippen LogP contribution is 2.26. The number of fused-ring (bicyclic) bond motifs is 1. The Hall–Kier alpha value is -2.87. The van der Waals surface area contributed by atoms with Crippen LogP contribution in [0.5, 0.6) is 0 Å². The van der Waals surface area contributed by atoms with Gasteiger partial charge in [-0.05, 0) is 23.6 Å². The molecule has 0 heterocycles. The van der Waals surface area contributed by atoms with Gasteiger partial charge in [-0.25, -0.2) is 0 Å². The van der Waals surface area contributed by atoms with Crippen molar-refractivity contribution in [2.45, 2.75) is 4.90 Å². The first-order valence-corrected chi connectivity index (χ1v) is 7.17. The lowest BCUT2D eigenvalue weighted by Crippen LogP contribution is -1.98. The van der Waals surface area contributed by atoms with Crippen molar-refractivity contribution in [1.29, 1.82) is 10.5 Å². The van der Waals surface area contributed by atoms with Gasteiger partial charge in [0.25, 0.3) is 10.1 Å². The van der Waals surface area contributed by atoms with Crippen molar-refractivity contribution in [1.82, 2.24) is 0 Å². The highest BCUT2D eigenvalue weighted by Gasteiger charge is 2.11. The summed E-state index contributed by atoms with van der Waals surface area (Å²) >= 11 is 0. The van der Waals surface area contributed by atoms with E-state index >= 15 is 0 Å². The van der Waals surface area contributed by atoms with Crippen LogP contribution < -0.4 is 5.32 Å². The van der Waals surface area contributed by atoms with Crippen molar-refractivity contribution in [2.75, 3.05) is 5.32 Å². The van der Waals surface area contributed by atoms with E-state index in [1.807, 2.05) is 0 Å². The van der Waals surface area contributed by atoms with Crippen LogP contribution in [0.15, 0.2) is 53.1 Å². The second-order valence-electron chi connectivity index (χ2n) is 4.09. The summed E-state index contributed by atoms with van der Waals surface area (Å²) in [6, 6.07) is 12.8. The van der Waals surface area contributed by atoms with Crippen molar-refractivity contribution in [3.8, 4) is 12.1 Å². The quantitative estimate of drug-likeness (QED) is 0.664. The second kappa shape index (κ2) is 5.63. The molecule has 0 fully saturated rings. The Kier molecular flexibility index (Phi) is 3.90. The van der Waals surface area contributed by atoms with Gasteiger partial charge in [-0.3, -0.25) is 4.55 Å². The minimum Gasteiger partial charge on any atom is -0.359 e. The lowest BCUT2D eigenvalue weighted by atomic mass is 10.1. The van der Waals surface area contributed by atoms with Crippen molar-refractivity contribution in [2.24, 2.45) is 0 Å². The van der Waals surface area contributed by atoms with Gasteiger partial charge in [0, 0.05) is 17.3 Å². The molecule has 104 valence electrons. The van der Waals surface area contributed by atoms with E-state index < -0.39 is 10.1 Å². The molecule has 0 bridgehead atoms. The molecule has 21 heavy (non-hydrogen) atoms. The van der Waals surface area contributed by atoms with Gasteiger partial charge in [0.2, 0.25) is 0 Å². The van der Waals surface area contributed by atoms with E-state index in [4.69, 9.17) is 15.1 Å². The number of allylic oxidation sites excluding steroid dienone is 1. The first kappa shape index (κ1) is 14.5. The van der Waals surface area contributed by atoms with Gasteiger partial charge in [0.1, 0.15) is 17.7 Å². The molecule has 2 rings (SSSR count). The number of hydrogen-bond donors (Lipinski definition) is 2. The van der Waals surface area contributed by atoms with Crippen LogP contribution in [0.4, 0.5) is 5.69 Å². The summed E-state index contributed by atoms with van der Waals surface area (Å²) in [6.07, 6.45) is 1.23. The molecule has 0 unspecified atom stereocenters. The number of nitriles is 2. The lowest BCUT2D eigenvalue weighted by molar-refractivity contribution is 0.483. The topological polar surface area (TPSA) is 114 Å². The van der Waals surface area contributed by atoms with Crippen LogP contribution in [0.25, 0.3) is 10.8 Å². The number of hydrogen-bond acceptors (Lipinski definition) is 5. The molecule has 0 spiro atoms.